The predicted octanol–water partition coefficient (Wildman–Crippen LogP) is 4.63. The van der Waals surface area contributed by atoms with Gasteiger partial charge in [0, 0.05) is 41.5 Å². The lowest BCUT2D eigenvalue weighted by atomic mass is 10.1. The van der Waals surface area contributed by atoms with Crippen LogP contribution in [-0.2, 0) is 11.3 Å². The Hall–Kier alpha value is -4.86. The van der Waals surface area contributed by atoms with E-state index in [1.165, 1.54) is 30.6 Å². The monoisotopic (exact) mass is 469 g/mol. The highest BCUT2D eigenvalue weighted by atomic mass is 19.1. The van der Waals surface area contributed by atoms with Crippen LogP contribution in [0.2, 0.25) is 0 Å². The van der Waals surface area contributed by atoms with Crippen LogP contribution in [0, 0.1) is 12.7 Å². The average Bonchev–Trinajstić information content (AvgIpc) is 3.41. The van der Waals surface area contributed by atoms with E-state index in [1.54, 1.807) is 28.9 Å². The van der Waals surface area contributed by atoms with Crippen LogP contribution in [0.25, 0.3) is 22.3 Å². The van der Waals surface area contributed by atoms with Gasteiger partial charge in [0.25, 0.3) is 0 Å². The Morgan fingerprint density at radius 2 is 2.14 bits per heavy atom. The molecule has 5 rings (SSSR count). The smallest absolute Gasteiger partial charge is 0.247 e. The number of aromatic amines is 1. The topological polar surface area (TPSA) is 111 Å². The molecule has 4 heterocycles. The third-order valence-electron chi connectivity index (χ3n) is 5.21. The van der Waals surface area contributed by atoms with Crippen molar-refractivity contribution in [2.45, 2.75) is 13.5 Å². The van der Waals surface area contributed by atoms with Crippen molar-refractivity contribution in [3.05, 3.63) is 91.0 Å². The maximum Gasteiger partial charge on any atom is 0.247 e. The number of ether oxygens (including phenoxy) is 1. The van der Waals surface area contributed by atoms with Gasteiger partial charge < -0.3 is 15.0 Å². The molecule has 1 amide bonds. The van der Waals surface area contributed by atoms with E-state index >= 15 is 0 Å². The van der Waals surface area contributed by atoms with Crippen LogP contribution in [0.5, 0.6) is 11.6 Å². The van der Waals surface area contributed by atoms with E-state index in [4.69, 9.17) is 4.74 Å². The molecule has 0 radical (unpaired) electrons. The van der Waals surface area contributed by atoms with Crippen LogP contribution in [0.3, 0.4) is 0 Å². The third kappa shape index (κ3) is 4.76. The minimum absolute atomic E-state index is 0.291. The number of carbonyl (C=O) groups is 1. The highest BCUT2D eigenvalue weighted by Gasteiger charge is 2.16. The quantitative estimate of drug-likeness (QED) is 0.336. The lowest BCUT2D eigenvalue weighted by Gasteiger charge is -2.07. The van der Waals surface area contributed by atoms with Crippen LogP contribution >= 0.6 is 0 Å². The molecule has 0 atom stereocenters. The van der Waals surface area contributed by atoms with Crippen LogP contribution < -0.4 is 10.1 Å². The number of H-pyrrole nitrogens is 1. The lowest BCUT2D eigenvalue weighted by molar-refractivity contribution is -0.111. The van der Waals surface area contributed by atoms with Gasteiger partial charge in [0.2, 0.25) is 11.8 Å². The molecule has 0 aliphatic rings. The molecule has 2 N–H and O–H groups in total. The summed E-state index contributed by atoms with van der Waals surface area (Å²) in [7, 11) is 0. The highest BCUT2D eigenvalue weighted by molar-refractivity contribution is 5.99. The summed E-state index contributed by atoms with van der Waals surface area (Å²) in [6.07, 6.45) is 7.82. The number of aromatic nitrogens is 6. The van der Waals surface area contributed by atoms with Crippen LogP contribution in [0.4, 0.5) is 10.1 Å². The number of benzene rings is 1. The minimum atomic E-state index is -0.341. The fraction of sp³-hybridized carbons (Fsp3) is 0.0800. The predicted molar refractivity (Wildman–Crippen MR) is 128 cm³/mol. The van der Waals surface area contributed by atoms with E-state index in [0.29, 0.717) is 40.7 Å². The van der Waals surface area contributed by atoms with Gasteiger partial charge in [-0.25, -0.2) is 14.4 Å². The number of hydrogen-bond acceptors (Lipinski definition) is 6. The van der Waals surface area contributed by atoms with Crippen molar-refractivity contribution in [3.8, 4) is 22.8 Å². The zero-order chi connectivity index (χ0) is 24.4. The van der Waals surface area contributed by atoms with Gasteiger partial charge in [-0.15, -0.1) is 0 Å². The van der Waals surface area contributed by atoms with E-state index in [-0.39, 0.29) is 11.7 Å². The molecule has 0 saturated carbocycles. The van der Waals surface area contributed by atoms with Crippen molar-refractivity contribution >= 4 is 22.8 Å². The number of fused-ring (bicyclic) bond motifs is 1. The third-order valence-corrected chi connectivity index (χ3v) is 5.21. The summed E-state index contributed by atoms with van der Waals surface area (Å²) in [6.45, 7) is 5.67. The Labute approximate surface area is 199 Å². The highest BCUT2D eigenvalue weighted by Crippen LogP contribution is 2.31. The van der Waals surface area contributed by atoms with Crippen LogP contribution in [-0.4, -0.2) is 35.6 Å². The van der Waals surface area contributed by atoms with E-state index in [0.717, 1.165) is 16.8 Å². The van der Waals surface area contributed by atoms with E-state index in [2.05, 4.69) is 36.9 Å². The second-order valence-corrected chi connectivity index (χ2v) is 7.72. The molecule has 35 heavy (non-hydrogen) atoms. The summed E-state index contributed by atoms with van der Waals surface area (Å²) in [5, 5.41) is 7.24. The standard InChI is InChI=1S/C25H20FN7O2/c1-3-22(34)30-17-5-4-6-19(10-17)35-23-12-29-25-24(31-23)20(11-28-25)21-14-33(32-15(21)2)13-18-9-16(26)7-8-27-18/h3-12,14H,1,13H2,2H3,(H,28,29)(H,30,34). The van der Waals surface area contributed by atoms with Crippen molar-refractivity contribution in [2.75, 3.05) is 5.32 Å². The van der Waals surface area contributed by atoms with Crippen molar-refractivity contribution in [3.63, 3.8) is 0 Å². The maximum absolute atomic E-state index is 13.5. The number of halogens is 1. The first-order valence-electron chi connectivity index (χ1n) is 10.7. The molecule has 5 aromatic rings. The van der Waals surface area contributed by atoms with Crippen LogP contribution in [0.1, 0.15) is 11.4 Å². The fourth-order valence-electron chi connectivity index (χ4n) is 3.65. The number of pyridine rings is 1. The molecule has 0 spiro atoms. The summed E-state index contributed by atoms with van der Waals surface area (Å²) >= 11 is 0. The molecular formula is C25H20FN7O2. The van der Waals surface area contributed by atoms with Gasteiger partial charge in [-0.2, -0.15) is 5.10 Å². The molecule has 0 fully saturated rings. The first-order chi connectivity index (χ1) is 17.0. The van der Waals surface area contributed by atoms with Gasteiger partial charge in [-0.1, -0.05) is 12.6 Å². The second-order valence-electron chi connectivity index (χ2n) is 7.72. The van der Waals surface area contributed by atoms with Gasteiger partial charge in [0.1, 0.15) is 17.1 Å². The Bertz CT molecular complexity index is 1560. The maximum atomic E-state index is 13.5. The number of rotatable bonds is 7. The molecule has 0 aliphatic carbocycles. The van der Waals surface area contributed by atoms with E-state index in [1.807, 2.05) is 19.3 Å². The first-order valence-corrected chi connectivity index (χ1v) is 10.7. The van der Waals surface area contributed by atoms with Gasteiger partial charge in [0.15, 0.2) is 5.65 Å². The molecule has 1 aromatic carbocycles. The molecule has 0 bridgehead atoms. The number of nitrogens with zero attached hydrogens (tertiary/aromatic N) is 5. The fourth-order valence-corrected chi connectivity index (χ4v) is 3.65. The largest absolute Gasteiger partial charge is 0.437 e. The Balaban J connectivity index is 1.42. The van der Waals surface area contributed by atoms with Crippen LogP contribution in [0.15, 0.2) is 73.8 Å². The average molecular weight is 469 g/mol. The SMILES string of the molecule is C=CC(=O)Nc1cccc(Oc2cnc3[nH]cc(-c4cn(Cc5cc(F)ccn5)nc4C)c3n2)c1. The Kier molecular flexibility index (Phi) is 5.76. The Morgan fingerprint density at radius 3 is 2.97 bits per heavy atom. The lowest BCUT2D eigenvalue weighted by Crippen LogP contribution is -2.07. The molecule has 0 aliphatic heterocycles. The molecule has 0 unspecified atom stereocenters. The van der Waals surface area contributed by atoms with Crippen molar-refractivity contribution < 1.29 is 13.9 Å². The van der Waals surface area contributed by atoms with E-state index < -0.39 is 0 Å². The molecule has 10 heteroatoms. The number of anilines is 1. The molecule has 9 nitrogen and oxygen atoms in total. The van der Waals surface area contributed by atoms with Gasteiger partial charge in [-0.05, 0) is 37.3 Å². The molecule has 4 aromatic heterocycles. The zero-order valence-electron chi connectivity index (χ0n) is 18.7. The summed E-state index contributed by atoms with van der Waals surface area (Å²) in [5.74, 6) is 0.125. The minimum Gasteiger partial charge on any atom is -0.437 e. The van der Waals surface area contributed by atoms with Gasteiger partial charge >= 0.3 is 0 Å². The normalized spacial score (nSPS) is 10.9. The molecular weight excluding hydrogens is 449 g/mol. The summed E-state index contributed by atoms with van der Waals surface area (Å²) in [5.41, 5.74) is 4.79. The first kappa shape index (κ1) is 22.0. The summed E-state index contributed by atoms with van der Waals surface area (Å²) < 4.78 is 21.1. The second kappa shape index (κ2) is 9.18. The van der Waals surface area contributed by atoms with Crippen molar-refractivity contribution in [2.24, 2.45) is 0 Å². The molecule has 0 saturated heterocycles. The molecule has 174 valence electrons. The summed E-state index contributed by atoms with van der Waals surface area (Å²) in [4.78, 5) is 27.9. The zero-order valence-corrected chi connectivity index (χ0v) is 18.7. The number of carbonyl (C=O) groups excluding carboxylic acids is 1. The van der Waals surface area contributed by atoms with Crippen molar-refractivity contribution in [1.29, 1.82) is 0 Å². The number of hydrogen-bond donors (Lipinski definition) is 2. The number of aryl methyl sites for hydroxylation is 1. The summed E-state index contributed by atoms with van der Waals surface area (Å²) in [6, 6.07) is 9.62. The van der Waals surface area contributed by atoms with Crippen molar-refractivity contribution in [1.82, 2.24) is 29.7 Å². The van der Waals surface area contributed by atoms with Gasteiger partial charge in [-0.3, -0.25) is 14.5 Å². The number of nitrogens with one attached hydrogen (secondary N) is 2. The van der Waals surface area contributed by atoms with Gasteiger partial charge in [0.05, 0.1) is 24.1 Å². The Morgan fingerprint density at radius 1 is 1.26 bits per heavy atom. The van der Waals surface area contributed by atoms with E-state index in [9.17, 15) is 9.18 Å². The number of amides is 1.